The normalized spacial score (nSPS) is 15.4. The number of hydrazone groups is 1. The van der Waals surface area contributed by atoms with Gasteiger partial charge in [0.25, 0.3) is 5.91 Å². The largest absolute Gasteiger partial charge is 0.504 e. The summed E-state index contributed by atoms with van der Waals surface area (Å²) in [6.07, 6.45) is 1.42. The van der Waals surface area contributed by atoms with Crippen molar-refractivity contribution < 1.29 is 14.6 Å². The van der Waals surface area contributed by atoms with Gasteiger partial charge in [-0.3, -0.25) is 14.6 Å². The Labute approximate surface area is 181 Å². The second-order valence-corrected chi connectivity index (χ2v) is 7.54. The lowest BCUT2D eigenvalue weighted by atomic mass is 10.2. The summed E-state index contributed by atoms with van der Waals surface area (Å²) in [5, 5.41) is 14.8. The molecule has 30 heavy (non-hydrogen) atoms. The Balaban J connectivity index is 1.41. The number of amides is 1. The van der Waals surface area contributed by atoms with Crippen molar-refractivity contribution in [1.82, 2.24) is 15.2 Å². The maximum Gasteiger partial charge on any atom is 0.254 e. The van der Waals surface area contributed by atoms with Crippen LogP contribution in [0.25, 0.3) is 0 Å². The van der Waals surface area contributed by atoms with Crippen LogP contribution in [0.2, 0.25) is 5.02 Å². The van der Waals surface area contributed by atoms with Crippen molar-refractivity contribution in [3.05, 3.63) is 58.6 Å². The molecule has 2 aromatic carbocycles. The number of aromatic hydroxyl groups is 1. The standard InChI is InChI=1S/C22H27ClN4O3/c1-2-30-20-5-3-4-18(22(20)29)14-24-25-21(28)16-27-12-10-26(11-13-27)15-17-6-8-19(23)9-7-17/h3-9,14,29H,2,10-13,15-16H2,1H3,(H,25,28)/b24-14+. The second kappa shape index (κ2) is 11.0. The summed E-state index contributed by atoms with van der Waals surface area (Å²) in [4.78, 5) is 16.7. The Kier molecular flexibility index (Phi) is 8.07. The van der Waals surface area contributed by atoms with Gasteiger partial charge in [-0.15, -0.1) is 0 Å². The molecule has 0 unspecified atom stereocenters. The van der Waals surface area contributed by atoms with E-state index >= 15 is 0 Å². The van der Waals surface area contributed by atoms with Gasteiger partial charge in [0.2, 0.25) is 0 Å². The first kappa shape index (κ1) is 22.1. The summed E-state index contributed by atoms with van der Waals surface area (Å²) in [6, 6.07) is 13.0. The van der Waals surface area contributed by atoms with E-state index in [1.165, 1.54) is 11.8 Å². The predicted molar refractivity (Wildman–Crippen MR) is 118 cm³/mol. The summed E-state index contributed by atoms with van der Waals surface area (Å²) in [5.74, 6) is 0.219. The fraction of sp³-hybridized carbons (Fsp3) is 0.364. The van der Waals surface area contributed by atoms with Crippen LogP contribution in [0.4, 0.5) is 0 Å². The number of halogens is 1. The number of hydrogen-bond acceptors (Lipinski definition) is 6. The van der Waals surface area contributed by atoms with E-state index in [0.717, 1.165) is 37.7 Å². The van der Waals surface area contributed by atoms with Gasteiger partial charge in [0, 0.05) is 43.3 Å². The quantitative estimate of drug-likeness (QED) is 0.497. The number of phenolic OH excluding ortho intramolecular Hbond substituents is 1. The van der Waals surface area contributed by atoms with Gasteiger partial charge in [0.15, 0.2) is 11.5 Å². The lowest BCUT2D eigenvalue weighted by molar-refractivity contribution is -0.122. The molecular formula is C22H27ClN4O3. The van der Waals surface area contributed by atoms with Gasteiger partial charge in [-0.05, 0) is 36.8 Å². The summed E-state index contributed by atoms with van der Waals surface area (Å²) in [6.45, 7) is 6.91. The Hall–Kier alpha value is -2.61. The number of phenols is 1. The molecule has 7 nitrogen and oxygen atoms in total. The second-order valence-electron chi connectivity index (χ2n) is 7.10. The molecule has 1 aliphatic heterocycles. The van der Waals surface area contributed by atoms with Gasteiger partial charge in [-0.25, -0.2) is 5.43 Å². The third-order valence-corrected chi connectivity index (χ3v) is 5.13. The van der Waals surface area contributed by atoms with Crippen LogP contribution in [0.5, 0.6) is 11.5 Å². The highest BCUT2D eigenvalue weighted by atomic mass is 35.5. The molecule has 0 saturated carbocycles. The minimum atomic E-state index is -0.183. The average Bonchev–Trinajstić information content (AvgIpc) is 2.74. The molecule has 1 fully saturated rings. The number of para-hydroxylation sites is 1. The molecule has 0 atom stereocenters. The molecule has 2 N–H and O–H groups in total. The maximum absolute atomic E-state index is 12.2. The highest BCUT2D eigenvalue weighted by molar-refractivity contribution is 6.30. The summed E-state index contributed by atoms with van der Waals surface area (Å²) in [5.41, 5.74) is 4.24. The van der Waals surface area contributed by atoms with Crippen molar-refractivity contribution in [2.24, 2.45) is 5.10 Å². The number of piperazine rings is 1. The molecule has 1 aliphatic rings. The molecule has 1 heterocycles. The molecule has 0 aliphatic carbocycles. The van der Waals surface area contributed by atoms with E-state index in [0.29, 0.717) is 17.9 Å². The zero-order chi connectivity index (χ0) is 21.3. The van der Waals surface area contributed by atoms with Gasteiger partial charge >= 0.3 is 0 Å². The topological polar surface area (TPSA) is 77.4 Å². The first-order valence-corrected chi connectivity index (χ1v) is 10.4. The number of hydrogen-bond donors (Lipinski definition) is 2. The highest BCUT2D eigenvalue weighted by Crippen LogP contribution is 2.28. The van der Waals surface area contributed by atoms with E-state index in [1.807, 2.05) is 31.2 Å². The predicted octanol–water partition coefficient (Wildman–Crippen LogP) is 2.71. The van der Waals surface area contributed by atoms with E-state index < -0.39 is 0 Å². The highest BCUT2D eigenvalue weighted by Gasteiger charge is 2.19. The molecule has 1 saturated heterocycles. The monoisotopic (exact) mass is 430 g/mol. The van der Waals surface area contributed by atoms with Crippen molar-refractivity contribution in [2.75, 3.05) is 39.3 Å². The van der Waals surface area contributed by atoms with Crippen LogP contribution in [-0.4, -0.2) is 66.4 Å². The molecule has 3 rings (SSSR count). The van der Waals surface area contributed by atoms with Crippen LogP contribution in [-0.2, 0) is 11.3 Å². The average molecular weight is 431 g/mol. The smallest absolute Gasteiger partial charge is 0.254 e. The van der Waals surface area contributed by atoms with Crippen LogP contribution in [0, 0.1) is 0 Å². The van der Waals surface area contributed by atoms with Crippen LogP contribution in [0.1, 0.15) is 18.1 Å². The number of nitrogens with zero attached hydrogens (tertiary/aromatic N) is 3. The number of ether oxygens (including phenoxy) is 1. The Morgan fingerprint density at radius 3 is 2.57 bits per heavy atom. The third-order valence-electron chi connectivity index (χ3n) is 4.87. The van der Waals surface area contributed by atoms with Crippen molar-refractivity contribution >= 4 is 23.7 Å². The number of carbonyl (C=O) groups is 1. The molecule has 160 valence electrons. The van der Waals surface area contributed by atoms with Gasteiger partial charge < -0.3 is 9.84 Å². The SMILES string of the molecule is CCOc1cccc(/C=N/NC(=O)CN2CCN(Cc3ccc(Cl)cc3)CC2)c1O. The lowest BCUT2D eigenvalue weighted by Crippen LogP contribution is -2.48. The first-order chi connectivity index (χ1) is 14.5. The first-order valence-electron chi connectivity index (χ1n) is 10.0. The number of nitrogens with one attached hydrogen (secondary N) is 1. The molecule has 8 heteroatoms. The van der Waals surface area contributed by atoms with E-state index in [-0.39, 0.29) is 18.2 Å². The van der Waals surface area contributed by atoms with Gasteiger partial charge in [-0.1, -0.05) is 29.8 Å². The van der Waals surface area contributed by atoms with Crippen molar-refractivity contribution in [3.63, 3.8) is 0 Å². The fourth-order valence-electron chi connectivity index (χ4n) is 3.28. The Bertz CT molecular complexity index is 865. The van der Waals surface area contributed by atoms with Crippen LogP contribution in [0.3, 0.4) is 0 Å². The molecule has 2 aromatic rings. The van der Waals surface area contributed by atoms with E-state index in [1.54, 1.807) is 18.2 Å². The van der Waals surface area contributed by atoms with Crippen molar-refractivity contribution in [2.45, 2.75) is 13.5 Å². The third kappa shape index (κ3) is 6.45. The molecule has 0 spiro atoms. The molecule has 0 bridgehead atoms. The van der Waals surface area contributed by atoms with Gasteiger partial charge in [-0.2, -0.15) is 5.10 Å². The van der Waals surface area contributed by atoms with Crippen LogP contribution in [0.15, 0.2) is 47.6 Å². The Morgan fingerprint density at radius 2 is 1.87 bits per heavy atom. The van der Waals surface area contributed by atoms with E-state index in [2.05, 4.69) is 20.3 Å². The lowest BCUT2D eigenvalue weighted by Gasteiger charge is -2.34. The molecular weight excluding hydrogens is 404 g/mol. The number of carbonyl (C=O) groups excluding carboxylic acids is 1. The van der Waals surface area contributed by atoms with Gasteiger partial charge in [0.05, 0.1) is 19.4 Å². The molecule has 1 amide bonds. The van der Waals surface area contributed by atoms with Crippen molar-refractivity contribution in [1.29, 1.82) is 0 Å². The number of rotatable bonds is 8. The van der Waals surface area contributed by atoms with Gasteiger partial charge in [0.1, 0.15) is 0 Å². The summed E-state index contributed by atoms with van der Waals surface area (Å²) in [7, 11) is 0. The minimum absolute atomic E-state index is 0.00848. The Morgan fingerprint density at radius 1 is 1.17 bits per heavy atom. The molecule has 0 aromatic heterocycles. The molecule has 0 radical (unpaired) electrons. The maximum atomic E-state index is 12.2. The van der Waals surface area contributed by atoms with Crippen molar-refractivity contribution in [3.8, 4) is 11.5 Å². The van der Waals surface area contributed by atoms with E-state index in [4.69, 9.17) is 16.3 Å². The summed E-state index contributed by atoms with van der Waals surface area (Å²) >= 11 is 5.93. The van der Waals surface area contributed by atoms with Crippen LogP contribution >= 0.6 is 11.6 Å². The van der Waals surface area contributed by atoms with Crippen LogP contribution < -0.4 is 10.2 Å². The number of benzene rings is 2. The summed E-state index contributed by atoms with van der Waals surface area (Å²) < 4.78 is 5.34. The van der Waals surface area contributed by atoms with E-state index in [9.17, 15) is 9.90 Å². The zero-order valence-corrected chi connectivity index (χ0v) is 17.8. The minimum Gasteiger partial charge on any atom is -0.504 e. The fourth-order valence-corrected chi connectivity index (χ4v) is 3.41. The zero-order valence-electron chi connectivity index (χ0n) is 17.1.